The minimum atomic E-state index is 0.616. The van der Waals surface area contributed by atoms with E-state index in [9.17, 15) is 0 Å². The van der Waals surface area contributed by atoms with E-state index in [2.05, 4.69) is 28.6 Å². The van der Waals surface area contributed by atoms with Gasteiger partial charge in [0.15, 0.2) is 0 Å². The molecule has 1 N–H and O–H groups in total. The molecule has 0 aliphatic carbocycles. The van der Waals surface area contributed by atoms with Gasteiger partial charge in [0, 0.05) is 30.1 Å². The number of hydrogen-bond donors (Lipinski definition) is 1. The van der Waals surface area contributed by atoms with E-state index < -0.39 is 0 Å². The monoisotopic (exact) mass is 264 g/mol. The quantitative estimate of drug-likeness (QED) is 0.882. The van der Waals surface area contributed by atoms with Crippen molar-refractivity contribution in [3.8, 4) is 0 Å². The molecule has 2 aliphatic rings. The summed E-state index contributed by atoms with van der Waals surface area (Å²) in [5.41, 5.74) is 1.58. The first kappa shape index (κ1) is 12.6. The molecule has 100 valence electrons. The zero-order valence-corrected chi connectivity index (χ0v) is 12.1. The summed E-state index contributed by atoms with van der Waals surface area (Å²) in [6.07, 6.45) is 6.79. The Morgan fingerprint density at radius 1 is 1.39 bits per heavy atom. The van der Waals surface area contributed by atoms with Gasteiger partial charge in [0.05, 0.1) is 0 Å². The molecule has 1 aromatic heterocycles. The molecule has 1 saturated heterocycles. The van der Waals surface area contributed by atoms with Crippen molar-refractivity contribution in [3.63, 3.8) is 0 Å². The summed E-state index contributed by atoms with van der Waals surface area (Å²) >= 11 is 1.94. The molecule has 3 rings (SSSR count). The summed E-state index contributed by atoms with van der Waals surface area (Å²) in [7, 11) is 0. The Balaban J connectivity index is 1.63. The van der Waals surface area contributed by atoms with Crippen molar-refractivity contribution in [2.45, 2.75) is 51.1 Å². The number of fused-ring (bicyclic) bond motifs is 1. The second-order valence-electron chi connectivity index (χ2n) is 5.72. The fourth-order valence-electron chi connectivity index (χ4n) is 3.35. The maximum absolute atomic E-state index is 3.73. The molecular weight excluding hydrogens is 240 g/mol. The molecule has 2 unspecified atom stereocenters. The molecule has 0 radical (unpaired) electrons. The Labute approximate surface area is 114 Å². The van der Waals surface area contributed by atoms with Crippen molar-refractivity contribution in [2.75, 3.05) is 19.6 Å². The predicted molar refractivity (Wildman–Crippen MR) is 78.3 cm³/mol. The van der Waals surface area contributed by atoms with Gasteiger partial charge in [-0.15, -0.1) is 11.3 Å². The van der Waals surface area contributed by atoms with Crippen LogP contribution >= 0.6 is 11.3 Å². The third-order valence-corrected chi connectivity index (χ3v) is 5.52. The van der Waals surface area contributed by atoms with Crippen LogP contribution in [0.25, 0.3) is 0 Å². The summed E-state index contributed by atoms with van der Waals surface area (Å²) in [6, 6.07) is 3.66. The van der Waals surface area contributed by atoms with Gasteiger partial charge in [-0.2, -0.15) is 0 Å². The first-order chi connectivity index (χ1) is 8.84. The minimum Gasteiger partial charge on any atom is -0.313 e. The van der Waals surface area contributed by atoms with Crippen LogP contribution in [0.1, 0.15) is 49.1 Å². The Kier molecular flexibility index (Phi) is 4.02. The van der Waals surface area contributed by atoms with Crippen molar-refractivity contribution in [3.05, 3.63) is 21.9 Å². The zero-order valence-electron chi connectivity index (χ0n) is 11.3. The third-order valence-electron chi connectivity index (χ3n) is 4.52. The Hall–Kier alpha value is -0.380. The van der Waals surface area contributed by atoms with Crippen molar-refractivity contribution in [1.29, 1.82) is 0 Å². The lowest BCUT2D eigenvalue weighted by molar-refractivity contribution is 0.176. The van der Waals surface area contributed by atoms with E-state index in [-0.39, 0.29) is 0 Å². The molecule has 0 bridgehead atoms. The van der Waals surface area contributed by atoms with Crippen LogP contribution in [0.3, 0.4) is 0 Å². The van der Waals surface area contributed by atoms with E-state index >= 15 is 0 Å². The largest absolute Gasteiger partial charge is 0.313 e. The lowest BCUT2D eigenvalue weighted by Crippen LogP contribution is -2.44. The van der Waals surface area contributed by atoms with E-state index in [1.54, 1.807) is 10.4 Å². The van der Waals surface area contributed by atoms with Gasteiger partial charge in [0.2, 0.25) is 0 Å². The highest BCUT2D eigenvalue weighted by Gasteiger charge is 2.26. The minimum absolute atomic E-state index is 0.616. The van der Waals surface area contributed by atoms with Gasteiger partial charge in [-0.3, -0.25) is 4.90 Å². The number of thiophene rings is 1. The second kappa shape index (κ2) is 5.72. The Morgan fingerprint density at radius 3 is 3.28 bits per heavy atom. The summed E-state index contributed by atoms with van der Waals surface area (Å²) < 4.78 is 0. The number of nitrogens with one attached hydrogen (secondary N) is 1. The van der Waals surface area contributed by atoms with Gasteiger partial charge in [-0.05, 0) is 49.7 Å². The van der Waals surface area contributed by atoms with Crippen molar-refractivity contribution >= 4 is 11.3 Å². The van der Waals surface area contributed by atoms with E-state index in [4.69, 9.17) is 0 Å². The summed E-state index contributed by atoms with van der Waals surface area (Å²) in [4.78, 5) is 4.30. The molecule has 2 atom stereocenters. The summed E-state index contributed by atoms with van der Waals surface area (Å²) in [6.45, 7) is 6.07. The van der Waals surface area contributed by atoms with Crippen molar-refractivity contribution in [1.82, 2.24) is 10.2 Å². The van der Waals surface area contributed by atoms with E-state index in [0.717, 1.165) is 6.04 Å². The maximum atomic E-state index is 3.73. The van der Waals surface area contributed by atoms with Gasteiger partial charge >= 0.3 is 0 Å². The normalized spacial score (nSPS) is 29.8. The number of rotatable bonds is 2. The molecule has 3 heterocycles. The number of nitrogens with zero attached hydrogens (tertiary/aromatic N) is 1. The van der Waals surface area contributed by atoms with Crippen molar-refractivity contribution < 1.29 is 0 Å². The highest BCUT2D eigenvalue weighted by molar-refractivity contribution is 7.10. The number of hydrogen-bond acceptors (Lipinski definition) is 3. The van der Waals surface area contributed by atoms with Crippen LogP contribution in [0.4, 0.5) is 0 Å². The molecule has 3 heteroatoms. The van der Waals surface area contributed by atoms with E-state index in [1.807, 2.05) is 11.3 Å². The van der Waals surface area contributed by atoms with Crippen LogP contribution < -0.4 is 5.32 Å². The van der Waals surface area contributed by atoms with Crippen molar-refractivity contribution in [2.24, 2.45) is 0 Å². The fraction of sp³-hybridized carbons (Fsp3) is 0.733. The Bertz CT molecular complexity index is 380. The Morgan fingerprint density at radius 2 is 2.33 bits per heavy atom. The van der Waals surface area contributed by atoms with Gasteiger partial charge in [-0.1, -0.05) is 12.8 Å². The van der Waals surface area contributed by atoms with Crippen LogP contribution in [-0.4, -0.2) is 30.6 Å². The highest BCUT2D eigenvalue weighted by atomic mass is 32.1. The average molecular weight is 264 g/mol. The lowest BCUT2D eigenvalue weighted by atomic mass is 10.00. The maximum Gasteiger partial charge on any atom is 0.0331 e. The first-order valence-corrected chi connectivity index (χ1v) is 8.26. The van der Waals surface area contributed by atoms with Gasteiger partial charge in [0.25, 0.3) is 0 Å². The average Bonchev–Trinajstić information content (AvgIpc) is 2.71. The summed E-state index contributed by atoms with van der Waals surface area (Å²) in [5.74, 6) is 0. The van der Waals surface area contributed by atoms with Crippen LogP contribution in [0.5, 0.6) is 0 Å². The third kappa shape index (κ3) is 2.63. The van der Waals surface area contributed by atoms with Crippen LogP contribution in [0, 0.1) is 0 Å². The molecule has 2 aliphatic heterocycles. The van der Waals surface area contributed by atoms with Gasteiger partial charge in [0.1, 0.15) is 0 Å². The van der Waals surface area contributed by atoms with E-state index in [1.165, 1.54) is 51.7 Å². The standard InChI is InChI=1S/C15H24N2S/c1-12-14-7-10-18-15(14)6-9-17(12)11-13-5-3-2-4-8-16-13/h7,10,12-13,16H,2-6,8-9,11H2,1H3. The van der Waals surface area contributed by atoms with Crippen LogP contribution in [-0.2, 0) is 6.42 Å². The van der Waals surface area contributed by atoms with Gasteiger partial charge < -0.3 is 5.32 Å². The van der Waals surface area contributed by atoms with E-state index in [0.29, 0.717) is 6.04 Å². The highest BCUT2D eigenvalue weighted by Crippen LogP contribution is 2.32. The molecule has 0 spiro atoms. The van der Waals surface area contributed by atoms with Gasteiger partial charge in [-0.25, -0.2) is 0 Å². The topological polar surface area (TPSA) is 15.3 Å². The zero-order chi connectivity index (χ0) is 12.4. The lowest BCUT2D eigenvalue weighted by Gasteiger charge is -2.36. The molecule has 1 fully saturated rings. The molecule has 0 saturated carbocycles. The van der Waals surface area contributed by atoms with Crippen LogP contribution in [0.2, 0.25) is 0 Å². The molecule has 1 aromatic rings. The molecule has 18 heavy (non-hydrogen) atoms. The summed E-state index contributed by atoms with van der Waals surface area (Å²) in [5, 5.41) is 5.99. The molecule has 2 nitrogen and oxygen atoms in total. The molecule has 0 amide bonds. The second-order valence-corrected chi connectivity index (χ2v) is 6.72. The first-order valence-electron chi connectivity index (χ1n) is 7.38. The van der Waals surface area contributed by atoms with Crippen LogP contribution in [0.15, 0.2) is 11.4 Å². The predicted octanol–water partition coefficient (Wildman–Crippen LogP) is 3.20. The molecule has 0 aromatic carbocycles. The smallest absolute Gasteiger partial charge is 0.0331 e. The molecular formula is C15H24N2S. The SMILES string of the molecule is CC1c2ccsc2CCN1CC1CCCCCN1. The fourth-order valence-corrected chi connectivity index (χ4v) is 4.31.